The first-order chi connectivity index (χ1) is 7.08. The average Bonchev–Trinajstić information content (AvgIpc) is 2.43. The summed E-state index contributed by atoms with van der Waals surface area (Å²) in [5, 5.41) is 13.3. The monoisotopic (exact) mass is 224 g/mol. The Labute approximate surface area is 90.9 Å². The van der Waals surface area contributed by atoms with Crippen LogP contribution in [0.1, 0.15) is 6.92 Å². The number of rotatable bonds is 1. The van der Waals surface area contributed by atoms with Crippen LogP contribution in [0.3, 0.4) is 0 Å². The van der Waals surface area contributed by atoms with E-state index in [1.54, 1.807) is 18.2 Å². The smallest absolute Gasteiger partial charge is 0.221 e. The number of anilines is 1. The first-order valence-corrected chi connectivity index (χ1v) is 4.73. The first-order valence-electron chi connectivity index (χ1n) is 4.35. The number of benzene rings is 1. The van der Waals surface area contributed by atoms with Crippen LogP contribution in [-0.2, 0) is 4.79 Å². The molecular weight excluding hydrogens is 216 g/mol. The molecule has 1 amide bonds. The maximum Gasteiger partial charge on any atom is 0.221 e. The first kappa shape index (κ1) is 9.86. The predicted molar refractivity (Wildman–Crippen MR) is 59.3 cm³/mol. The van der Waals surface area contributed by atoms with Gasteiger partial charge in [0, 0.05) is 17.3 Å². The van der Waals surface area contributed by atoms with Crippen molar-refractivity contribution in [2.45, 2.75) is 6.92 Å². The van der Waals surface area contributed by atoms with E-state index in [0.717, 1.165) is 5.52 Å². The molecule has 1 aromatic carbocycles. The minimum Gasteiger partial charge on any atom is -0.493 e. The normalized spacial score (nSPS) is 10.5. The van der Waals surface area contributed by atoms with Crippen molar-refractivity contribution in [3.63, 3.8) is 0 Å². The van der Waals surface area contributed by atoms with Gasteiger partial charge in [0.05, 0.1) is 5.52 Å². The Morgan fingerprint density at radius 2 is 2.27 bits per heavy atom. The van der Waals surface area contributed by atoms with Gasteiger partial charge < -0.3 is 15.4 Å². The van der Waals surface area contributed by atoms with Crippen LogP contribution in [0, 0.1) is 0 Å². The fourth-order valence-corrected chi connectivity index (χ4v) is 1.62. The molecule has 4 nitrogen and oxygen atoms in total. The molecule has 0 unspecified atom stereocenters. The topological polar surface area (TPSA) is 65.1 Å². The van der Waals surface area contributed by atoms with Gasteiger partial charge in [-0.05, 0) is 18.2 Å². The number of hydrogen-bond acceptors (Lipinski definition) is 2. The number of fused-ring (bicyclic) bond motifs is 1. The molecule has 0 spiro atoms. The van der Waals surface area contributed by atoms with Gasteiger partial charge in [-0.25, -0.2) is 0 Å². The van der Waals surface area contributed by atoms with Crippen LogP contribution < -0.4 is 5.32 Å². The minimum absolute atomic E-state index is 0.0672. The average molecular weight is 225 g/mol. The lowest BCUT2D eigenvalue weighted by atomic mass is 10.2. The molecule has 0 saturated carbocycles. The van der Waals surface area contributed by atoms with Crippen LogP contribution in [0.25, 0.3) is 10.9 Å². The van der Waals surface area contributed by atoms with E-state index in [2.05, 4.69) is 10.3 Å². The zero-order valence-corrected chi connectivity index (χ0v) is 8.72. The molecule has 0 fully saturated rings. The number of halogens is 1. The molecule has 0 bridgehead atoms. The zero-order valence-electron chi connectivity index (χ0n) is 7.97. The van der Waals surface area contributed by atoms with Gasteiger partial charge in [0.25, 0.3) is 0 Å². The summed E-state index contributed by atoms with van der Waals surface area (Å²) in [6.45, 7) is 1.38. The Kier molecular flexibility index (Phi) is 2.28. The summed E-state index contributed by atoms with van der Waals surface area (Å²) in [5.74, 6) is -0.311. The van der Waals surface area contributed by atoms with Gasteiger partial charge in [-0.2, -0.15) is 0 Å². The Morgan fingerprint density at radius 1 is 1.53 bits per heavy atom. The third kappa shape index (κ3) is 1.76. The molecule has 0 saturated heterocycles. The lowest BCUT2D eigenvalue weighted by Crippen LogP contribution is -2.05. The molecule has 78 valence electrons. The molecule has 2 rings (SSSR count). The van der Waals surface area contributed by atoms with Gasteiger partial charge in [-0.15, -0.1) is 0 Å². The van der Waals surface area contributed by atoms with E-state index in [-0.39, 0.29) is 11.8 Å². The quantitative estimate of drug-likeness (QED) is 0.697. The molecule has 5 heteroatoms. The fraction of sp³-hybridized carbons (Fsp3) is 0.100. The molecule has 0 aliphatic rings. The van der Waals surface area contributed by atoms with Crippen LogP contribution in [0.15, 0.2) is 18.2 Å². The van der Waals surface area contributed by atoms with Crippen molar-refractivity contribution in [2.75, 3.05) is 5.32 Å². The number of aromatic hydroxyl groups is 1. The number of aromatic nitrogens is 1. The van der Waals surface area contributed by atoms with Crippen molar-refractivity contribution >= 4 is 34.1 Å². The lowest BCUT2D eigenvalue weighted by Gasteiger charge is -2.00. The van der Waals surface area contributed by atoms with Crippen molar-refractivity contribution in [1.29, 1.82) is 0 Å². The van der Waals surface area contributed by atoms with E-state index < -0.39 is 0 Å². The standard InChI is InChI=1S/C10H9ClN2O2/c1-5(14)12-9-7-4-6(11)2-3-8(7)13-10(9)15/h2-4,13,15H,1H3,(H,12,14). The molecule has 1 heterocycles. The number of hydrogen-bond donors (Lipinski definition) is 3. The number of carbonyl (C=O) groups is 1. The van der Waals surface area contributed by atoms with Crippen molar-refractivity contribution in [3.05, 3.63) is 23.2 Å². The second-order valence-corrected chi connectivity index (χ2v) is 3.66. The Bertz CT molecular complexity index is 533. The van der Waals surface area contributed by atoms with Crippen molar-refractivity contribution in [1.82, 2.24) is 4.98 Å². The molecule has 15 heavy (non-hydrogen) atoms. The highest BCUT2D eigenvalue weighted by atomic mass is 35.5. The summed E-state index contributed by atoms with van der Waals surface area (Å²) in [6, 6.07) is 5.12. The van der Waals surface area contributed by atoms with Crippen LogP contribution in [0.2, 0.25) is 5.02 Å². The summed E-state index contributed by atoms with van der Waals surface area (Å²) >= 11 is 5.83. The minimum atomic E-state index is -0.244. The van der Waals surface area contributed by atoms with Crippen molar-refractivity contribution in [2.24, 2.45) is 0 Å². The largest absolute Gasteiger partial charge is 0.493 e. The van der Waals surface area contributed by atoms with E-state index in [1.165, 1.54) is 6.92 Å². The van der Waals surface area contributed by atoms with Gasteiger partial charge in [0.2, 0.25) is 11.8 Å². The molecule has 1 aromatic heterocycles. The highest BCUT2D eigenvalue weighted by Crippen LogP contribution is 2.33. The molecule has 0 aliphatic heterocycles. The Morgan fingerprint density at radius 3 is 2.93 bits per heavy atom. The third-order valence-electron chi connectivity index (χ3n) is 2.04. The summed E-state index contributed by atoms with van der Waals surface area (Å²) in [4.78, 5) is 13.7. The van der Waals surface area contributed by atoms with Gasteiger partial charge in [-0.1, -0.05) is 11.6 Å². The molecule has 3 N–H and O–H groups in total. The summed E-state index contributed by atoms with van der Waals surface area (Å²) in [5.41, 5.74) is 1.08. The number of nitrogens with one attached hydrogen (secondary N) is 2. The van der Waals surface area contributed by atoms with Gasteiger partial charge in [0.15, 0.2) is 0 Å². The SMILES string of the molecule is CC(=O)Nc1c(O)[nH]c2ccc(Cl)cc12. The summed E-state index contributed by atoms with van der Waals surface area (Å²) in [7, 11) is 0. The Balaban J connectivity index is 2.65. The third-order valence-corrected chi connectivity index (χ3v) is 2.28. The van der Waals surface area contributed by atoms with E-state index in [4.69, 9.17) is 11.6 Å². The predicted octanol–water partition coefficient (Wildman–Crippen LogP) is 2.49. The van der Waals surface area contributed by atoms with E-state index >= 15 is 0 Å². The molecular formula is C10H9ClN2O2. The number of amides is 1. The van der Waals surface area contributed by atoms with E-state index in [0.29, 0.717) is 16.1 Å². The summed E-state index contributed by atoms with van der Waals surface area (Å²) in [6.07, 6.45) is 0. The highest BCUT2D eigenvalue weighted by Gasteiger charge is 2.11. The molecule has 2 aromatic rings. The van der Waals surface area contributed by atoms with Crippen LogP contribution >= 0.6 is 11.6 Å². The number of carbonyl (C=O) groups excluding carboxylic acids is 1. The Hall–Kier alpha value is -1.68. The number of H-pyrrole nitrogens is 1. The van der Waals surface area contributed by atoms with Crippen molar-refractivity contribution < 1.29 is 9.90 Å². The second-order valence-electron chi connectivity index (χ2n) is 3.22. The second kappa shape index (κ2) is 3.47. The van der Waals surface area contributed by atoms with E-state index in [1.807, 2.05) is 0 Å². The van der Waals surface area contributed by atoms with Crippen LogP contribution in [-0.4, -0.2) is 16.0 Å². The zero-order chi connectivity index (χ0) is 11.0. The van der Waals surface area contributed by atoms with Gasteiger partial charge in [-0.3, -0.25) is 4.79 Å². The van der Waals surface area contributed by atoms with Gasteiger partial charge in [0.1, 0.15) is 5.69 Å². The lowest BCUT2D eigenvalue weighted by molar-refractivity contribution is -0.114. The van der Waals surface area contributed by atoms with Crippen LogP contribution in [0.4, 0.5) is 5.69 Å². The van der Waals surface area contributed by atoms with E-state index in [9.17, 15) is 9.90 Å². The summed E-state index contributed by atoms with van der Waals surface area (Å²) < 4.78 is 0. The maximum atomic E-state index is 10.9. The van der Waals surface area contributed by atoms with Crippen LogP contribution in [0.5, 0.6) is 5.88 Å². The maximum absolute atomic E-state index is 10.9. The fourth-order valence-electron chi connectivity index (χ4n) is 1.45. The highest BCUT2D eigenvalue weighted by molar-refractivity contribution is 6.31. The molecule has 0 atom stereocenters. The van der Waals surface area contributed by atoms with Crippen molar-refractivity contribution in [3.8, 4) is 5.88 Å². The van der Waals surface area contributed by atoms with Gasteiger partial charge >= 0.3 is 0 Å². The number of aromatic amines is 1. The molecule has 0 aliphatic carbocycles. The molecule has 0 radical (unpaired) electrons.